The summed E-state index contributed by atoms with van der Waals surface area (Å²) in [5.74, 6) is -1.84. The lowest BCUT2D eigenvalue weighted by atomic mass is 9.99. The number of hydrogen-bond acceptors (Lipinski definition) is 7. The summed E-state index contributed by atoms with van der Waals surface area (Å²) >= 11 is 1.99. The van der Waals surface area contributed by atoms with Gasteiger partial charge in [0.2, 0.25) is 0 Å². The predicted octanol–water partition coefficient (Wildman–Crippen LogP) is 4.84. The van der Waals surface area contributed by atoms with Gasteiger partial charge in [0, 0.05) is 0 Å². The Morgan fingerprint density at radius 1 is 0.600 bits per heavy atom. The normalized spacial score (nSPS) is 23.7. The summed E-state index contributed by atoms with van der Waals surface area (Å²) in [6.45, 7) is 1.72. The highest BCUT2D eigenvalue weighted by molar-refractivity contribution is 14.1. The zero-order valence-corrected chi connectivity index (χ0v) is 20.9. The highest BCUT2D eigenvalue weighted by Gasteiger charge is 2.50. The minimum atomic E-state index is -1.10. The lowest BCUT2D eigenvalue weighted by Gasteiger charge is -2.42. The van der Waals surface area contributed by atoms with E-state index in [4.69, 9.17) is 18.9 Å². The van der Waals surface area contributed by atoms with Gasteiger partial charge in [0.25, 0.3) is 0 Å². The van der Waals surface area contributed by atoms with Crippen molar-refractivity contribution in [1.29, 1.82) is 0 Å². The molecule has 0 amide bonds. The van der Waals surface area contributed by atoms with Gasteiger partial charge in [-0.1, -0.05) is 54.6 Å². The zero-order valence-electron chi connectivity index (χ0n) is 18.8. The third-order valence-corrected chi connectivity index (χ3v) is 6.47. The van der Waals surface area contributed by atoms with Crippen molar-refractivity contribution in [2.75, 3.05) is 0 Å². The maximum atomic E-state index is 13.0. The molecule has 0 saturated carbocycles. The molecule has 7 nitrogen and oxygen atoms in total. The monoisotopic (exact) mass is 586 g/mol. The predicted molar refractivity (Wildman–Crippen MR) is 135 cm³/mol. The second kappa shape index (κ2) is 11.5. The fraction of sp³-hybridized carbons (Fsp3) is 0.222. The molecule has 0 bridgehead atoms. The molecule has 0 spiro atoms. The van der Waals surface area contributed by atoms with Gasteiger partial charge in [0.05, 0.1) is 22.8 Å². The van der Waals surface area contributed by atoms with E-state index in [1.54, 1.807) is 97.9 Å². The number of carbonyl (C=O) groups excluding carboxylic acids is 3. The van der Waals surface area contributed by atoms with Crippen LogP contribution in [-0.2, 0) is 18.9 Å². The van der Waals surface area contributed by atoms with E-state index < -0.39 is 46.4 Å². The van der Waals surface area contributed by atoms with Gasteiger partial charge in [0.1, 0.15) is 4.11 Å². The molecule has 3 aromatic rings. The fourth-order valence-electron chi connectivity index (χ4n) is 3.68. The van der Waals surface area contributed by atoms with Crippen LogP contribution in [0.25, 0.3) is 0 Å². The Balaban J connectivity index is 1.63. The summed E-state index contributed by atoms with van der Waals surface area (Å²) in [6, 6.07) is 25.4. The molecule has 0 aliphatic carbocycles. The number of ether oxygens (including phenoxy) is 4. The highest BCUT2D eigenvalue weighted by Crippen LogP contribution is 2.33. The maximum Gasteiger partial charge on any atom is 0.338 e. The van der Waals surface area contributed by atoms with Gasteiger partial charge >= 0.3 is 17.9 Å². The second-order valence-electron chi connectivity index (χ2n) is 7.90. The van der Waals surface area contributed by atoms with Crippen molar-refractivity contribution in [3.8, 4) is 0 Å². The Hall–Kier alpha value is -3.24. The summed E-state index contributed by atoms with van der Waals surface area (Å²) in [4.78, 5) is 38.7. The van der Waals surface area contributed by atoms with Gasteiger partial charge in [0.15, 0.2) is 18.3 Å². The Morgan fingerprint density at radius 2 is 0.943 bits per heavy atom. The minimum absolute atomic E-state index is 0.318. The lowest BCUT2D eigenvalue weighted by molar-refractivity contribution is -0.190. The van der Waals surface area contributed by atoms with Crippen molar-refractivity contribution in [2.24, 2.45) is 0 Å². The molecule has 1 aliphatic heterocycles. The Labute approximate surface area is 216 Å². The molecule has 0 aromatic heterocycles. The van der Waals surface area contributed by atoms with E-state index in [9.17, 15) is 14.4 Å². The number of rotatable bonds is 6. The van der Waals surface area contributed by atoms with Crippen LogP contribution in [0.3, 0.4) is 0 Å². The third-order valence-electron chi connectivity index (χ3n) is 5.47. The van der Waals surface area contributed by atoms with Crippen LogP contribution >= 0.6 is 22.6 Å². The second-order valence-corrected chi connectivity index (χ2v) is 9.13. The first-order chi connectivity index (χ1) is 16.9. The first-order valence-corrected chi connectivity index (χ1v) is 12.3. The standard InChI is InChI=1S/C27H23IO7/c1-17-21(33-25(29)18-11-5-2-6-12-18)22(34-26(30)19-13-7-3-8-14-19)23(24(28)32-17)35-27(31)20-15-9-4-10-16-20/h2-17,21-24H,1H3/t17-,21+,22+,23-,24+/m0/s1. The summed E-state index contributed by atoms with van der Waals surface area (Å²) in [5, 5.41) is 0. The van der Waals surface area contributed by atoms with E-state index in [0.29, 0.717) is 16.7 Å². The number of carbonyl (C=O) groups is 3. The van der Waals surface area contributed by atoms with Crippen molar-refractivity contribution in [1.82, 2.24) is 0 Å². The third kappa shape index (κ3) is 6.07. The Bertz CT molecular complexity index is 1090. The summed E-state index contributed by atoms with van der Waals surface area (Å²) < 4.78 is 22.7. The largest absolute Gasteiger partial charge is 0.452 e. The van der Waals surface area contributed by atoms with Gasteiger partial charge in [-0.2, -0.15) is 0 Å². The van der Waals surface area contributed by atoms with Crippen LogP contribution < -0.4 is 0 Å². The molecule has 3 aromatic carbocycles. The Morgan fingerprint density at radius 3 is 1.34 bits per heavy atom. The average molecular weight is 586 g/mol. The molecule has 8 heteroatoms. The number of alkyl halides is 1. The van der Waals surface area contributed by atoms with Crippen LogP contribution in [0, 0.1) is 0 Å². The van der Waals surface area contributed by atoms with Crippen LogP contribution in [-0.4, -0.2) is 46.4 Å². The topological polar surface area (TPSA) is 88.1 Å². The molecule has 4 rings (SSSR count). The van der Waals surface area contributed by atoms with Gasteiger partial charge in [-0.05, 0) is 65.9 Å². The molecule has 0 radical (unpaired) electrons. The average Bonchev–Trinajstić information content (AvgIpc) is 2.89. The lowest BCUT2D eigenvalue weighted by Crippen LogP contribution is -2.59. The van der Waals surface area contributed by atoms with Crippen LogP contribution in [0.15, 0.2) is 91.0 Å². The van der Waals surface area contributed by atoms with Crippen molar-refractivity contribution in [3.63, 3.8) is 0 Å². The molecular weight excluding hydrogens is 563 g/mol. The smallest absolute Gasteiger partial charge is 0.338 e. The van der Waals surface area contributed by atoms with Crippen molar-refractivity contribution in [2.45, 2.75) is 35.5 Å². The quantitative estimate of drug-likeness (QED) is 0.177. The molecule has 35 heavy (non-hydrogen) atoms. The number of benzene rings is 3. The molecule has 1 aliphatic rings. The summed E-state index contributed by atoms with van der Waals surface area (Å²) in [5.41, 5.74) is 0.987. The van der Waals surface area contributed by atoms with E-state index in [1.807, 2.05) is 22.6 Å². The fourth-order valence-corrected chi connectivity index (χ4v) is 4.70. The van der Waals surface area contributed by atoms with E-state index in [-0.39, 0.29) is 0 Å². The molecular formula is C27H23IO7. The van der Waals surface area contributed by atoms with Crippen molar-refractivity contribution < 1.29 is 33.3 Å². The molecule has 180 valence electrons. The van der Waals surface area contributed by atoms with Gasteiger partial charge in [-0.25, -0.2) is 14.4 Å². The molecule has 1 fully saturated rings. The number of esters is 3. The molecule has 0 unspecified atom stereocenters. The molecule has 1 saturated heterocycles. The summed E-state index contributed by atoms with van der Waals surface area (Å²) in [6.07, 6.45) is -3.78. The SMILES string of the molecule is C[C@@H]1O[C@@H](I)[C@@H](OC(=O)c2ccccc2)[C@H](OC(=O)c2ccccc2)[C@@H]1OC(=O)c1ccccc1. The zero-order chi connectivity index (χ0) is 24.8. The van der Waals surface area contributed by atoms with E-state index in [2.05, 4.69) is 0 Å². The molecule has 0 N–H and O–H groups in total. The first kappa shape index (κ1) is 24.9. The van der Waals surface area contributed by atoms with E-state index in [0.717, 1.165) is 0 Å². The Kier molecular flexibility index (Phi) is 8.14. The molecule has 5 atom stereocenters. The first-order valence-electron chi connectivity index (χ1n) is 11.0. The molecule has 1 heterocycles. The minimum Gasteiger partial charge on any atom is -0.452 e. The van der Waals surface area contributed by atoms with E-state index >= 15 is 0 Å². The van der Waals surface area contributed by atoms with Crippen LogP contribution in [0.2, 0.25) is 0 Å². The maximum absolute atomic E-state index is 13.0. The number of halogens is 1. The van der Waals surface area contributed by atoms with Gasteiger partial charge in [-0.15, -0.1) is 0 Å². The highest BCUT2D eigenvalue weighted by atomic mass is 127. The van der Waals surface area contributed by atoms with Crippen LogP contribution in [0.5, 0.6) is 0 Å². The van der Waals surface area contributed by atoms with Crippen molar-refractivity contribution >= 4 is 40.5 Å². The number of hydrogen-bond donors (Lipinski definition) is 0. The van der Waals surface area contributed by atoms with Gasteiger partial charge < -0.3 is 18.9 Å². The van der Waals surface area contributed by atoms with Crippen LogP contribution in [0.1, 0.15) is 38.0 Å². The summed E-state index contributed by atoms with van der Waals surface area (Å²) in [7, 11) is 0. The van der Waals surface area contributed by atoms with Crippen LogP contribution in [0.4, 0.5) is 0 Å². The van der Waals surface area contributed by atoms with Crippen molar-refractivity contribution in [3.05, 3.63) is 108 Å². The van der Waals surface area contributed by atoms with E-state index in [1.165, 1.54) is 0 Å². The van der Waals surface area contributed by atoms with Gasteiger partial charge in [-0.3, -0.25) is 0 Å².